The Morgan fingerprint density at radius 1 is 0.906 bits per heavy atom. The molecule has 0 aromatic heterocycles. The van der Waals surface area contributed by atoms with Crippen molar-refractivity contribution in [2.75, 3.05) is 11.9 Å². The first-order valence-electron chi connectivity index (χ1n) is 10.3. The van der Waals surface area contributed by atoms with Crippen LogP contribution in [0.1, 0.15) is 46.2 Å². The van der Waals surface area contributed by atoms with Crippen molar-refractivity contribution in [2.45, 2.75) is 19.9 Å². The summed E-state index contributed by atoms with van der Waals surface area (Å²) in [5.74, 6) is 0.159. The highest BCUT2D eigenvalue weighted by Crippen LogP contribution is 2.15. The smallest absolute Gasteiger partial charge is 0.257 e. The van der Waals surface area contributed by atoms with Crippen LogP contribution >= 0.6 is 12.2 Å². The molecule has 0 radical (unpaired) electrons. The van der Waals surface area contributed by atoms with Gasteiger partial charge >= 0.3 is 0 Å². The van der Waals surface area contributed by atoms with Crippen molar-refractivity contribution in [2.24, 2.45) is 0 Å². The van der Waals surface area contributed by atoms with Gasteiger partial charge < -0.3 is 15.4 Å². The summed E-state index contributed by atoms with van der Waals surface area (Å²) in [7, 11) is 0. The van der Waals surface area contributed by atoms with Crippen LogP contribution in [0.15, 0.2) is 78.9 Å². The number of thiocarbonyl (C=S) groups is 1. The number of nitrogens with one attached hydrogen (secondary N) is 3. The summed E-state index contributed by atoms with van der Waals surface area (Å²) in [6, 6.07) is 23.3. The van der Waals surface area contributed by atoms with Gasteiger partial charge in [-0.15, -0.1) is 0 Å². The van der Waals surface area contributed by atoms with Crippen LogP contribution < -0.4 is 20.7 Å². The van der Waals surface area contributed by atoms with Crippen LogP contribution in [-0.2, 0) is 0 Å². The fourth-order valence-corrected chi connectivity index (χ4v) is 3.26. The summed E-state index contributed by atoms with van der Waals surface area (Å²) in [5, 5.41) is 8.71. The standard InChI is InChI=1S/C25H25N3O3S/c1-3-31-22-14-12-19(13-15-22)23(29)28-25(32)27-21-11-7-10-20(16-21)24(30)26-17(2)18-8-5-4-6-9-18/h4-17H,3H2,1-2H3,(H,26,30)(H2,27,28,29,32). The summed E-state index contributed by atoms with van der Waals surface area (Å²) < 4.78 is 5.38. The van der Waals surface area contributed by atoms with Crippen molar-refractivity contribution in [3.05, 3.63) is 95.6 Å². The molecule has 3 N–H and O–H groups in total. The molecule has 2 amide bonds. The topological polar surface area (TPSA) is 79.5 Å². The zero-order valence-electron chi connectivity index (χ0n) is 17.9. The Bertz CT molecular complexity index is 1090. The molecule has 1 atom stereocenters. The Hall–Kier alpha value is -3.71. The number of ether oxygens (including phenoxy) is 1. The van der Waals surface area contributed by atoms with Crippen molar-refractivity contribution in [3.8, 4) is 5.75 Å². The largest absolute Gasteiger partial charge is 0.494 e. The molecule has 3 aromatic rings. The van der Waals surface area contributed by atoms with E-state index in [-0.39, 0.29) is 23.0 Å². The van der Waals surface area contributed by atoms with Crippen molar-refractivity contribution >= 4 is 34.8 Å². The van der Waals surface area contributed by atoms with E-state index < -0.39 is 0 Å². The Labute approximate surface area is 193 Å². The van der Waals surface area contributed by atoms with E-state index in [1.165, 1.54) is 0 Å². The molecule has 0 bridgehead atoms. The number of carbonyl (C=O) groups excluding carboxylic acids is 2. The van der Waals surface area contributed by atoms with Gasteiger partial charge in [-0.2, -0.15) is 0 Å². The third-order valence-electron chi connectivity index (χ3n) is 4.68. The van der Waals surface area contributed by atoms with E-state index in [0.717, 1.165) is 5.56 Å². The van der Waals surface area contributed by atoms with Gasteiger partial charge in [0.2, 0.25) is 0 Å². The normalized spacial score (nSPS) is 11.2. The first-order valence-corrected chi connectivity index (χ1v) is 10.7. The lowest BCUT2D eigenvalue weighted by Gasteiger charge is -2.15. The highest BCUT2D eigenvalue weighted by atomic mass is 32.1. The summed E-state index contributed by atoms with van der Waals surface area (Å²) >= 11 is 5.25. The number of hydrogen-bond donors (Lipinski definition) is 3. The van der Waals surface area contributed by atoms with E-state index in [1.54, 1.807) is 48.5 Å². The number of carbonyl (C=O) groups is 2. The minimum Gasteiger partial charge on any atom is -0.494 e. The minimum atomic E-state index is -0.337. The maximum atomic E-state index is 12.7. The summed E-state index contributed by atoms with van der Waals surface area (Å²) in [6.45, 7) is 4.38. The van der Waals surface area contributed by atoms with Crippen molar-refractivity contribution in [1.82, 2.24) is 10.6 Å². The molecule has 0 aliphatic heterocycles. The number of amides is 2. The molecular weight excluding hydrogens is 422 g/mol. The Morgan fingerprint density at radius 2 is 1.62 bits per heavy atom. The molecule has 0 fully saturated rings. The van der Waals surface area contributed by atoms with Gasteiger partial charge in [0.25, 0.3) is 11.8 Å². The lowest BCUT2D eigenvalue weighted by Crippen LogP contribution is -2.34. The van der Waals surface area contributed by atoms with Crippen LogP contribution in [0.3, 0.4) is 0 Å². The highest BCUT2D eigenvalue weighted by molar-refractivity contribution is 7.80. The average Bonchev–Trinajstić information content (AvgIpc) is 2.80. The van der Waals surface area contributed by atoms with Crippen LogP contribution in [0.5, 0.6) is 5.75 Å². The van der Waals surface area contributed by atoms with E-state index in [1.807, 2.05) is 44.2 Å². The predicted molar refractivity (Wildman–Crippen MR) is 130 cm³/mol. The first-order chi connectivity index (χ1) is 15.5. The van der Waals surface area contributed by atoms with Crippen LogP contribution in [-0.4, -0.2) is 23.5 Å². The monoisotopic (exact) mass is 447 g/mol. The second-order valence-electron chi connectivity index (χ2n) is 7.05. The fourth-order valence-electron chi connectivity index (χ4n) is 3.05. The summed E-state index contributed by atoms with van der Waals surface area (Å²) in [5.41, 5.74) is 2.56. The van der Waals surface area contributed by atoms with E-state index >= 15 is 0 Å². The summed E-state index contributed by atoms with van der Waals surface area (Å²) in [6.07, 6.45) is 0. The third kappa shape index (κ3) is 6.39. The van der Waals surface area contributed by atoms with E-state index in [0.29, 0.717) is 29.2 Å². The zero-order valence-corrected chi connectivity index (χ0v) is 18.7. The Morgan fingerprint density at radius 3 is 2.31 bits per heavy atom. The zero-order chi connectivity index (χ0) is 22.9. The first kappa shape index (κ1) is 23.0. The molecule has 32 heavy (non-hydrogen) atoms. The number of hydrogen-bond acceptors (Lipinski definition) is 4. The van der Waals surface area contributed by atoms with E-state index in [2.05, 4.69) is 16.0 Å². The van der Waals surface area contributed by atoms with Gasteiger partial charge in [-0.3, -0.25) is 14.9 Å². The maximum absolute atomic E-state index is 12.7. The predicted octanol–water partition coefficient (Wildman–Crippen LogP) is 4.70. The number of rotatable bonds is 7. The molecule has 7 heteroatoms. The molecule has 0 saturated carbocycles. The van der Waals surface area contributed by atoms with Gasteiger partial charge in [-0.25, -0.2) is 0 Å². The maximum Gasteiger partial charge on any atom is 0.257 e. The average molecular weight is 448 g/mol. The van der Waals surface area contributed by atoms with Crippen LogP contribution in [0.4, 0.5) is 5.69 Å². The van der Waals surface area contributed by atoms with Gasteiger partial charge in [-0.1, -0.05) is 36.4 Å². The van der Waals surface area contributed by atoms with E-state index in [4.69, 9.17) is 17.0 Å². The molecule has 0 aliphatic carbocycles. The van der Waals surface area contributed by atoms with Gasteiger partial charge in [0.1, 0.15) is 5.75 Å². The minimum absolute atomic E-state index is 0.130. The Kier molecular flexibility index (Phi) is 7.94. The number of anilines is 1. The fraction of sp³-hybridized carbons (Fsp3) is 0.160. The van der Waals surface area contributed by atoms with Gasteiger partial charge in [0.15, 0.2) is 5.11 Å². The molecule has 164 valence electrons. The van der Waals surface area contributed by atoms with Gasteiger partial charge in [0.05, 0.1) is 12.6 Å². The highest BCUT2D eigenvalue weighted by Gasteiger charge is 2.13. The van der Waals surface area contributed by atoms with Crippen LogP contribution in [0.25, 0.3) is 0 Å². The molecule has 1 unspecified atom stereocenters. The molecule has 0 saturated heterocycles. The van der Waals surface area contributed by atoms with Gasteiger partial charge in [0, 0.05) is 16.8 Å². The van der Waals surface area contributed by atoms with Crippen LogP contribution in [0.2, 0.25) is 0 Å². The lowest BCUT2D eigenvalue weighted by atomic mass is 10.1. The second-order valence-corrected chi connectivity index (χ2v) is 7.46. The lowest BCUT2D eigenvalue weighted by molar-refractivity contribution is 0.0938. The molecular formula is C25H25N3O3S. The van der Waals surface area contributed by atoms with E-state index in [9.17, 15) is 9.59 Å². The molecule has 0 aliphatic rings. The van der Waals surface area contributed by atoms with Gasteiger partial charge in [-0.05, 0) is 74.1 Å². The third-order valence-corrected chi connectivity index (χ3v) is 4.89. The summed E-state index contributed by atoms with van der Waals surface area (Å²) in [4.78, 5) is 25.1. The quantitative estimate of drug-likeness (QED) is 0.458. The van der Waals surface area contributed by atoms with Crippen LogP contribution in [0, 0.1) is 0 Å². The van der Waals surface area contributed by atoms with Crippen molar-refractivity contribution in [1.29, 1.82) is 0 Å². The van der Waals surface area contributed by atoms with Crippen molar-refractivity contribution < 1.29 is 14.3 Å². The molecule has 6 nitrogen and oxygen atoms in total. The molecule has 0 spiro atoms. The Balaban J connectivity index is 1.58. The SMILES string of the molecule is CCOc1ccc(C(=O)NC(=S)Nc2cccc(C(=O)NC(C)c3ccccc3)c2)cc1. The second kappa shape index (κ2) is 11.1. The van der Waals surface area contributed by atoms with Crippen molar-refractivity contribution in [3.63, 3.8) is 0 Å². The number of benzene rings is 3. The molecule has 3 rings (SSSR count). The molecule has 0 heterocycles. The molecule has 3 aromatic carbocycles.